The number of carbonyl (C=O) groups excluding carboxylic acids is 1. The van der Waals surface area contributed by atoms with E-state index in [4.69, 9.17) is 9.47 Å². The van der Waals surface area contributed by atoms with Crippen LogP contribution in [0.3, 0.4) is 0 Å². The Balaban J connectivity index is 1.56. The molecular weight excluding hydrogens is 366 g/mol. The number of anilines is 1. The Hall–Kier alpha value is -3.28. The molecule has 0 saturated carbocycles. The molecule has 1 atom stereocenters. The third kappa shape index (κ3) is 3.83. The van der Waals surface area contributed by atoms with Crippen LogP contribution in [-0.2, 0) is 6.42 Å². The molecule has 0 radical (unpaired) electrons. The van der Waals surface area contributed by atoms with Gasteiger partial charge in [0.2, 0.25) is 0 Å². The fourth-order valence-corrected chi connectivity index (χ4v) is 3.65. The third-order valence-electron chi connectivity index (χ3n) is 4.93. The van der Waals surface area contributed by atoms with E-state index in [1.807, 2.05) is 62.7 Å². The Morgan fingerprint density at radius 3 is 2.66 bits per heavy atom. The van der Waals surface area contributed by atoms with Crippen LogP contribution < -0.4 is 14.8 Å². The number of fused-ring (bicyclic) bond motifs is 1. The molecule has 2 heterocycles. The molecule has 150 valence electrons. The van der Waals surface area contributed by atoms with Crippen molar-refractivity contribution in [1.82, 2.24) is 9.78 Å². The molecule has 4 rings (SSSR count). The topological polar surface area (TPSA) is 65.4 Å². The Kier molecular flexibility index (Phi) is 5.01. The number of hydrogen-bond donors (Lipinski definition) is 1. The highest BCUT2D eigenvalue weighted by atomic mass is 16.5. The van der Waals surface area contributed by atoms with E-state index in [1.54, 1.807) is 12.1 Å². The van der Waals surface area contributed by atoms with Gasteiger partial charge in [-0.25, -0.2) is 4.68 Å². The average molecular weight is 391 g/mol. The number of amides is 1. The third-order valence-corrected chi connectivity index (χ3v) is 4.93. The van der Waals surface area contributed by atoms with Crippen molar-refractivity contribution in [2.75, 3.05) is 11.9 Å². The van der Waals surface area contributed by atoms with Gasteiger partial charge in [0.25, 0.3) is 5.91 Å². The standard InChI is InChI=1S/C23H25N3O3/c1-5-28-22-12-18-11-16(4)29-21(18)13-20(22)24-23(27)17-6-8-19(9-7-17)26-15(3)10-14(2)25-26/h6-10,12-13,16H,5,11H2,1-4H3,(H,24,27). The van der Waals surface area contributed by atoms with E-state index >= 15 is 0 Å². The molecule has 1 amide bonds. The highest BCUT2D eigenvalue weighted by Gasteiger charge is 2.23. The molecule has 1 aliphatic heterocycles. The Labute approximate surface area is 170 Å². The smallest absolute Gasteiger partial charge is 0.255 e. The van der Waals surface area contributed by atoms with Gasteiger partial charge in [-0.2, -0.15) is 5.10 Å². The van der Waals surface area contributed by atoms with Gasteiger partial charge >= 0.3 is 0 Å². The van der Waals surface area contributed by atoms with Crippen molar-refractivity contribution in [3.8, 4) is 17.2 Å². The van der Waals surface area contributed by atoms with E-state index in [-0.39, 0.29) is 12.0 Å². The molecule has 0 bridgehead atoms. The van der Waals surface area contributed by atoms with Crippen molar-refractivity contribution in [1.29, 1.82) is 0 Å². The first kappa shape index (κ1) is 19.1. The van der Waals surface area contributed by atoms with Crippen LogP contribution in [0.4, 0.5) is 5.69 Å². The fourth-order valence-electron chi connectivity index (χ4n) is 3.65. The quantitative estimate of drug-likeness (QED) is 0.697. The van der Waals surface area contributed by atoms with Gasteiger partial charge in [-0.1, -0.05) is 0 Å². The van der Waals surface area contributed by atoms with Gasteiger partial charge in [0, 0.05) is 29.3 Å². The van der Waals surface area contributed by atoms with E-state index in [2.05, 4.69) is 10.4 Å². The first-order valence-corrected chi connectivity index (χ1v) is 9.86. The van der Waals surface area contributed by atoms with Crippen molar-refractivity contribution in [3.05, 3.63) is 65.0 Å². The van der Waals surface area contributed by atoms with Crippen LogP contribution in [0.25, 0.3) is 5.69 Å². The van der Waals surface area contributed by atoms with Gasteiger partial charge in [0.15, 0.2) is 0 Å². The average Bonchev–Trinajstić information content (AvgIpc) is 3.22. The second kappa shape index (κ2) is 7.62. The highest BCUT2D eigenvalue weighted by Crippen LogP contribution is 2.38. The molecular formula is C23H25N3O3. The zero-order chi connectivity index (χ0) is 20.5. The monoisotopic (exact) mass is 391 g/mol. The summed E-state index contributed by atoms with van der Waals surface area (Å²) in [6.45, 7) is 8.45. The van der Waals surface area contributed by atoms with Crippen LogP contribution in [0.2, 0.25) is 0 Å². The predicted molar refractivity (Wildman–Crippen MR) is 112 cm³/mol. The summed E-state index contributed by atoms with van der Waals surface area (Å²) in [4.78, 5) is 12.8. The lowest BCUT2D eigenvalue weighted by Crippen LogP contribution is -2.13. The lowest BCUT2D eigenvalue weighted by Gasteiger charge is -2.14. The van der Waals surface area contributed by atoms with E-state index in [1.165, 1.54) is 0 Å². The van der Waals surface area contributed by atoms with Gasteiger partial charge in [-0.3, -0.25) is 4.79 Å². The molecule has 0 fully saturated rings. The maximum absolute atomic E-state index is 12.8. The van der Waals surface area contributed by atoms with Crippen LogP contribution in [0.15, 0.2) is 42.5 Å². The zero-order valence-corrected chi connectivity index (χ0v) is 17.2. The summed E-state index contributed by atoms with van der Waals surface area (Å²) in [6, 6.07) is 13.2. The Bertz CT molecular complexity index is 1050. The number of nitrogens with zero attached hydrogens (tertiary/aromatic N) is 2. The number of rotatable bonds is 5. The molecule has 0 saturated heterocycles. The summed E-state index contributed by atoms with van der Waals surface area (Å²) in [6.07, 6.45) is 0.976. The molecule has 0 aliphatic carbocycles. The Morgan fingerprint density at radius 2 is 2.00 bits per heavy atom. The maximum Gasteiger partial charge on any atom is 0.255 e. The van der Waals surface area contributed by atoms with Gasteiger partial charge in [-0.05, 0) is 64.1 Å². The van der Waals surface area contributed by atoms with Crippen LogP contribution in [0.1, 0.15) is 41.2 Å². The van der Waals surface area contributed by atoms with Crippen molar-refractivity contribution in [2.45, 2.75) is 40.2 Å². The first-order valence-electron chi connectivity index (χ1n) is 9.86. The van der Waals surface area contributed by atoms with E-state index in [0.717, 1.165) is 34.8 Å². The Morgan fingerprint density at radius 1 is 1.24 bits per heavy atom. The van der Waals surface area contributed by atoms with Gasteiger partial charge in [0.1, 0.15) is 17.6 Å². The van der Waals surface area contributed by atoms with Crippen LogP contribution in [-0.4, -0.2) is 28.4 Å². The fraction of sp³-hybridized carbons (Fsp3) is 0.304. The molecule has 6 nitrogen and oxygen atoms in total. The van der Waals surface area contributed by atoms with Gasteiger partial charge in [0.05, 0.1) is 23.7 Å². The minimum Gasteiger partial charge on any atom is -0.492 e. The number of benzene rings is 2. The van der Waals surface area contributed by atoms with Crippen molar-refractivity contribution in [2.24, 2.45) is 0 Å². The molecule has 1 unspecified atom stereocenters. The van der Waals surface area contributed by atoms with Crippen molar-refractivity contribution >= 4 is 11.6 Å². The van der Waals surface area contributed by atoms with Crippen LogP contribution in [0.5, 0.6) is 11.5 Å². The van der Waals surface area contributed by atoms with E-state index < -0.39 is 0 Å². The minimum absolute atomic E-state index is 0.132. The number of ether oxygens (including phenoxy) is 2. The maximum atomic E-state index is 12.8. The second-order valence-corrected chi connectivity index (χ2v) is 7.36. The van der Waals surface area contributed by atoms with Crippen LogP contribution >= 0.6 is 0 Å². The number of nitrogens with one attached hydrogen (secondary N) is 1. The van der Waals surface area contributed by atoms with Crippen LogP contribution in [0, 0.1) is 13.8 Å². The summed E-state index contributed by atoms with van der Waals surface area (Å²) in [7, 11) is 0. The largest absolute Gasteiger partial charge is 0.492 e. The number of carbonyl (C=O) groups is 1. The molecule has 0 spiro atoms. The van der Waals surface area contributed by atoms with Crippen molar-refractivity contribution in [3.63, 3.8) is 0 Å². The summed E-state index contributed by atoms with van der Waals surface area (Å²) >= 11 is 0. The molecule has 1 aliphatic rings. The summed E-state index contributed by atoms with van der Waals surface area (Å²) < 4.78 is 13.4. The molecule has 3 aromatic rings. The summed E-state index contributed by atoms with van der Waals surface area (Å²) in [5.74, 6) is 1.27. The normalized spacial score (nSPS) is 15.0. The number of aryl methyl sites for hydroxylation is 2. The highest BCUT2D eigenvalue weighted by molar-refractivity contribution is 6.05. The number of aromatic nitrogens is 2. The summed E-state index contributed by atoms with van der Waals surface area (Å²) in [5, 5.41) is 7.44. The van der Waals surface area contributed by atoms with Crippen molar-refractivity contribution < 1.29 is 14.3 Å². The van der Waals surface area contributed by atoms with Gasteiger partial charge in [-0.15, -0.1) is 0 Å². The molecule has 1 aromatic heterocycles. The minimum atomic E-state index is -0.197. The summed E-state index contributed by atoms with van der Waals surface area (Å²) in [5.41, 5.74) is 5.21. The SMILES string of the molecule is CCOc1cc2c(cc1NC(=O)c1ccc(-n3nc(C)cc3C)cc1)OC(C)C2. The molecule has 6 heteroatoms. The lowest BCUT2D eigenvalue weighted by atomic mass is 10.1. The molecule has 1 N–H and O–H groups in total. The number of hydrogen-bond acceptors (Lipinski definition) is 4. The zero-order valence-electron chi connectivity index (χ0n) is 17.2. The molecule has 29 heavy (non-hydrogen) atoms. The molecule has 2 aromatic carbocycles. The van der Waals surface area contributed by atoms with E-state index in [0.29, 0.717) is 23.6 Å². The van der Waals surface area contributed by atoms with Gasteiger partial charge < -0.3 is 14.8 Å². The second-order valence-electron chi connectivity index (χ2n) is 7.36. The first-order chi connectivity index (χ1) is 13.9. The predicted octanol–water partition coefficient (Wildman–Crippen LogP) is 4.46. The lowest BCUT2D eigenvalue weighted by molar-refractivity contribution is 0.102. The van der Waals surface area contributed by atoms with E-state index in [9.17, 15) is 4.79 Å².